The lowest BCUT2D eigenvalue weighted by Crippen LogP contribution is -2.19. The Bertz CT molecular complexity index is 398. The summed E-state index contributed by atoms with van der Waals surface area (Å²) in [6, 6.07) is 3.82. The lowest BCUT2D eigenvalue weighted by Gasteiger charge is -2.22. The van der Waals surface area contributed by atoms with E-state index in [0.29, 0.717) is 19.8 Å². The molecule has 1 heterocycles. The van der Waals surface area contributed by atoms with Crippen LogP contribution in [0.15, 0.2) is 17.0 Å². The van der Waals surface area contributed by atoms with Crippen LogP contribution in [0.5, 0.6) is 11.5 Å². The SMILES string of the molecule is CNCC(O)c1cc2c(cc1SC)OCCO2. The average Bonchev–Trinajstić information content (AvgIpc) is 2.37. The van der Waals surface area contributed by atoms with Crippen molar-refractivity contribution in [3.05, 3.63) is 17.7 Å². The van der Waals surface area contributed by atoms with Crippen molar-refractivity contribution in [1.29, 1.82) is 0 Å². The highest BCUT2D eigenvalue weighted by molar-refractivity contribution is 7.98. The van der Waals surface area contributed by atoms with E-state index >= 15 is 0 Å². The molecule has 5 heteroatoms. The van der Waals surface area contributed by atoms with Crippen molar-refractivity contribution >= 4 is 11.8 Å². The third kappa shape index (κ3) is 2.68. The van der Waals surface area contributed by atoms with Gasteiger partial charge in [-0.3, -0.25) is 0 Å². The number of likely N-dealkylation sites (N-methyl/N-ethyl adjacent to an activating group) is 1. The molecular weight excluding hydrogens is 238 g/mol. The molecule has 1 unspecified atom stereocenters. The largest absolute Gasteiger partial charge is 0.486 e. The van der Waals surface area contributed by atoms with Crippen molar-refractivity contribution in [1.82, 2.24) is 5.32 Å². The standard InChI is InChI=1S/C12H17NO3S/c1-13-7-9(14)8-5-10-11(6-12(8)17-2)16-4-3-15-10/h5-6,9,13-14H,3-4,7H2,1-2H3. The highest BCUT2D eigenvalue weighted by Gasteiger charge is 2.19. The highest BCUT2D eigenvalue weighted by Crippen LogP contribution is 2.38. The molecule has 17 heavy (non-hydrogen) atoms. The second kappa shape index (κ2) is 5.62. The maximum atomic E-state index is 10.1. The molecule has 2 N–H and O–H groups in total. The van der Waals surface area contributed by atoms with Gasteiger partial charge in [0.2, 0.25) is 0 Å². The van der Waals surface area contributed by atoms with E-state index in [9.17, 15) is 5.11 Å². The number of nitrogens with one attached hydrogen (secondary N) is 1. The van der Waals surface area contributed by atoms with Crippen LogP contribution in [0.3, 0.4) is 0 Å². The molecule has 94 valence electrons. The van der Waals surface area contributed by atoms with Crippen LogP contribution in [0, 0.1) is 0 Å². The smallest absolute Gasteiger partial charge is 0.162 e. The number of aliphatic hydroxyl groups excluding tert-OH is 1. The maximum Gasteiger partial charge on any atom is 0.162 e. The molecule has 4 nitrogen and oxygen atoms in total. The molecule has 1 aromatic carbocycles. The van der Waals surface area contributed by atoms with Crippen LogP contribution >= 0.6 is 11.8 Å². The predicted octanol–water partition coefficient (Wildman–Crippen LogP) is 1.43. The Labute approximate surface area is 105 Å². The summed E-state index contributed by atoms with van der Waals surface area (Å²) in [4.78, 5) is 1.03. The molecule has 2 rings (SSSR count). The van der Waals surface area contributed by atoms with Crippen LogP contribution in [0.4, 0.5) is 0 Å². The summed E-state index contributed by atoms with van der Waals surface area (Å²) in [6.07, 6.45) is 1.46. The first-order valence-electron chi connectivity index (χ1n) is 5.56. The minimum atomic E-state index is -0.529. The van der Waals surface area contributed by atoms with Gasteiger partial charge in [0.25, 0.3) is 0 Å². The number of aliphatic hydroxyl groups is 1. The Kier molecular flexibility index (Phi) is 4.15. The second-order valence-corrected chi connectivity index (χ2v) is 4.66. The van der Waals surface area contributed by atoms with Gasteiger partial charge in [-0.05, 0) is 31.0 Å². The number of ether oxygens (including phenoxy) is 2. The third-order valence-corrected chi connectivity index (χ3v) is 3.44. The monoisotopic (exact) mass is 255 g/mol. The predicted molar refractivity (Wildman–Crippen MR) is 68.1 cm³/mol. The van der Waals surface area contributed by atoms with Crippen LogP contribution in [0.1, 0.15) is 11.7 Å². The van der Waals surface area contributed by atoms with Crippen molar-refractivity contribution in [2.24, 2.45) is 0 Å². The van der Waals surface area contributed by atoms with Crippen molar-refractivity contribution in [2.45, 2.75) is 11.0 Å². The number of benzene rings is 1. The summed E-state index contributed by atoms with van der Waals surface area (Å²) in [5.74, 6) is 1.49. The molecule has 0 amide bonds. The number of rotatable bonds is 4. The van der Waals surface area contributed by atoms with Crippen LogP contribution in [-0.2, 0) is 0 Å². The summed E-state index contributed by atoms with van der Waals surface area (Å²) >= 11 is 1.60. The molecule has 0 aromatic heterocycles. The molecule has 1 aromatic rings. The van der Waals surface area contributed by atoms with Gasteiger partial charge in [0.05, 0.1) is 6.10 Å². The van der Waals surface area contributed by atoms with E-state index in [0.717, 1.165) is 22.0 Å². The van der Waals surface area contributed by atoms with Crippen LogP contribution in [0.25, 0.3) is 0 Å². The summed E-state index contributed by atoms with van der Waals surface area (Å²) in [6.45, 7) is 1.67. The van der Waals surface area contributed by atoms with E-state index < -0.39 is 6.10 Å². The summed E-state index contributed by atoms with van der Waals surface area (Å²) < 4.78 is 11.1. The van der Waals surface area contributed by atoms with Crippen molar-refractivity contribution in [2.75, 3.05) is 33.1 Å². The minimum Gasteiger partial charge on any atom is -0.486 e. The fourth-order valence-corrected chi connectivity index (χ4v) is 2.48. The van der Waals surface area contributed by atoms with Gasteiger partial charge >= 0.3 is 0 Å². The fraction of sp³-hybridized carbons (Fsp3) is 0.500. The van der Waals surface area contributed by atoms with Gasteiger partial charge in [-0.1, -0.05) is 0 Å². The maximum absolute atomic E-state index is 10.1. The van der Waals surface area contributed by atoms with Crippen molar-refractivity contribution in [3.8, 4) is 11.5 Å². The Morgan fingerprint density at radius 1 is 1.35 bits per heavy atom. The molecule has 0 radical (unpaired) electrons. The van der Waals surface area contributed by atoms with E-state index in [4.69, 9.17) is 9.47 Å². The first-order valence-corrected chi connectivity index (χ1v) is 6.79. The molecule has 0 spiro atoms. The molecule has 0 aliphatic carbocycles. The Morgan fingerprint density at radius 2 is 2.00 bits per heavy atom. The molecule has 0 saturated carbocycles. The van der Waals surface area contributed by atoms with Gasteiger partial charge in [-0.15, -0.1) is 11.8 Å². The van der Waals surface area contributed by atoms with Crippen LogP contribution < -0.4 is 14.8 Å². The van der Waals surface area contributed by atoms with Gasteiger partial charge in [-0.25, -0.2) is 0 Å². The van der Waals surface area contributed by atoms with E-state index in [1.165, 1.54) is 0 Å². The van der Waals surface area contributed by atoms with E-state index in [1.807, 2.05) is 25.4 Å². The number of hydrogen-bond donors (Lipinski definition) is 2. The van der Waals surface area contributed by atoms with Crippen LogP contribution in [0.2, 0.25) is 0 Å². The van der Waals surface area contributed by atoms with E-state index in [1.54, 1.807) is 11.8 Å². The molecule has 1 atom stereocenters. The van der Waals surface area contributed by atoms with Gasteiger partial charge in [-0.2, -0.15) is 0 Å². The zero-order valence-electron chi connectivity index (χ0n) is 10.0. The molecule has 0 fully saturated rings. The van der Waals surface area contributed by atoms with Crippen molar-refractivity contribution in [3.63, 3.8) is 0 Å². The first kappa shape index (κ1) is 12.5. The zero-order chi connectivity index (χ0) is 12.3. The second-order valence-electron chi connectivity index (χ2n) is 3.81. The minimum absolute atomic E-state index is 0.521. The van der Waals surface area contributed by atoms with Gasteiger partial charge in [0, 0.05) is 11.4 Å². The lowest BCUT2D eigenvalue weighted by molar-refractivity contribution is 0.162. The molecule has 1 aliphatic heterocycles. The average molecular weight is 255 g/mol. The van der Waals surface area contributed by atoms with Crippen LogP contribution in [-0.4, -0.2) is 38.2 Å². The van der Waals surface area contributed by atoms with Gasteiger partial charge < -0.3 is 19.9 Å². The van der Waals surface area contributed by atoms with Gasteiger partial charge in [0.15, 0.2) is 11.5 Å². The van der Waals surface area contributed by atoms with E-state index in [-0.39, 0.29) is 0 Å². The highest BCUT2D eigenvalue weighted by atomic mass is 32.2. The van der Waals surface area contributed by atoms with Crippen molar-refractivity contribution < 1.29 is 14.6 Å². The molecule has 1 aliphatic rings. The van der Waals surface area contributed by atoms with E-state index in [2.05, 4.69) is 5.32 Å². The first-order chi connectivity index (χ1) is 8.26. The normalized spacial score (nSPS) is 15.7. The molecule has 0 bridgehead atoms. The lowest BCUT2D eigenvalue weighted by atomic mass is 10.1. The Balaban J connectivity index is 2.36. The Morgan fingerprint density at radius 3 is 2.59 bits per heavy atom. The number of thioether (sulfide) groups is 1. The number of fused-ring (bicyclic) bond motifs is 1. The summed E-state index contributed by atoms with van der Waals surface area (Å²) in [5, 5.41) is 13.0. The zero-order valence-corrected chi connectivity index (χ0v) is 10.8. The summed E-state index contributed by atoms with van der Waals surface area (Å²) in [7, 11) is 1.82. The molecular formula is C12H17NO3S. The quantitative estimate of drug-likeness (QED) is 0.797. The third-order valence-electron chi connectivity index (χ3n) is 2.65. The fourth-order valence-electron chi connectivity index (χ4n) is 1.83. The topological polar surface area (TPSA) is 50.7 Å². The molecule has 0 saturated heterocycles. The summed E-state index contributed by atoms with van der Waals surface area (Å²) in [5.41, 5.74) is 0.885. The Hall–Kier alpha value is -0.910. The number of hydrogen-bond acceptors (Lipinski definition) is 5. The van der Waals surface area contributed by atoms with Gasteiger partial charge in [0.1, 0.15) is 13.2 Å².